The van der Waals surface area contributed by atoms with E-state index in [0.29, 0.717) is 24.5 Å². The Labute approximate surface area is 140 Å². The van der Waals surface area contributed by atoms with E-state index >= 15 is 0 Å². The molecule has 1 atom stereocenters. The highest BCUT2D eigenvalue weighted by molar-refractivity contribution is 6.01. The average molecular weight is 325 g/mol. The summed E-state index contributed by atoms with van der Waals surface area (Å²) in [7, 11) is 1.57. The van der Waals surface area contributed by atoms with Crippen LogP contribution in [0.2, 0.25) is 0 Å². The lowest BCUT2D eigenvalue weighted by Crippen LogP contribution is -2.32. The molecule has 2 heterocycles. The number of rotatable bonds is 5. The topological polar surface area (TPSA) is 71.5 Å². The van der Waals surface area contributed by atoms with Gasteiger partial charge in [0.2, 0.25) is 11.8 Å². The predicted octanol–water partition coefficient (Wildman–Crippen LogP) is 1.76. The van der Waals surface area contributed by atoms with E-state index < -0.39 is 0 Å². The number of hydrogen-bond acceptors (Lipinski definition) is 4. The zero-order chi connectivity index (χ0) is 16.9. The van der Waals surface area contributed by atoms with Crippen molar-refractivity contribution in [2.45, 2.75) is 13.0 Å². The normalized spacial score (nSPS) is 17.0. The zero-order valence-electron chi connectivity index (χ0n) is 13.4. The summed E-state index contributed by atoms with van der Waals surface area (Å²) < 4.78 is 5.31. The number of carbonyl (C=O) groups is 2. The number of para-hydroxylation sites is 2. The van der Waals surface area contributed by atoms with E-state index in [1.807, 2.05) is 30.3 Å². The van der Waals surface area contributed by atoms with Gasteiger partial charge in [0.25, 0.3) is 0 Å². The van der Waals surface area contributed by atoms with E-state index in [1.165, 1.54) is 0 Å². The quantitative estimate of drug-likeness (QED) is 0.909. The molecule has 0 spiro atoms. The van der Waals surface area contributed by atoms with Crippen molar-refractivity contribution >= 4 is 17.5 Å². The molecular weight excluding hydrogens is 306 g/mol. The minimum absolute atomic E-state index is 0.0685. The minimum Gasteiger partial charge on any atom is -0.495 e. The molecule has 1 unspecified atom stereocenters. The second-order valence-corrected chi connectivity index (χ2v) is 5.66. The van der Waals surface area contributed by atoms with Crippen LogP contribution in [-0.2, 0) is 16.1 Å². The lowest BCUT2D eigenvalue weighted by molar-refractivity contribution is -0.126. The number of carbonyl (C=O) groups excluding carboxylic acids is 2. The first-order chi connectivity index (χ1) is 11.7. The molecule has 2 aromatic rings. The molecule has 6 heteroatoms. The SMILES string of the molecule is COc1ccccc1N1CC(C(=O)NCc2cccnc2)CC1=O. The van der Waals surface area contributed by atoms with Crippen molar-refractivity contribution in [3.63, 3.8) is 0 Å². The van der Waals surface area contributed by atoms with Crippen molar-refractivity contribution in [3.05, 3.63) is 54.4 Å². The molecular formula is C18H19N3O3. The van der Waals surface area contributed by atoms with Crippen LogP contribution in [0, 0.1) is 5.92 Å². The number of nitrogens with zero attached hydrogens (tertiary/aromatic N) is 2. The second-order valence-electron chi connectivity index (χ2n) is 5.66. The fraction of sp³-hybridized carbons (Fsp3) is 0.278. The van der Waals surface area contributed by atoms with Crippen LogP contribution >= 0.6 is 0 Å². The Morgan fingerprint density at radius 3 is 2.92 bits per heavy atom. The standard InChI is InChI=1S/C18H19N3O3/c1-24-16-7-3-2-6-15(16)21-12-14(9-17(21)22)18(23)20-11-13-5-4-8-19-10-13/h2-8,10,14H,9,11-12H2,1H3,(H,20,23). The highest BCUT2D eigenvalue weighted by Gasteiger charge is 2.36. The number of hydrogen-bond donors (Lipinski definition) is 1. The molecule has 0 bridgehead atoms. The van der Waals surface area contributed by atoms with Gasteiger partial charge in [0, 0.05) is 31.9 Å². The summed E-state index contributed by atoms with van der Waals surface area (Å²) in [5.74, 6) is 0.0759. The Morgan fingerprint density at radius 1 is 1.33 bits per heavy atom. The van der Waals surface area contributed by atoms with E-state index in [-0.39, 0.29) is 24.2 Å². The van der Waals surface area contributed by atoms with Gasteiger partial charge in [-0.25, -0.2) is 0 Å². The van der Waals surface area contributed by atoms with Crippen LogP contribution in [0.4, 0.5) is 5.69 Å². The highest BCUT2D eigenvalue weighted by atomic mass is 16.5. The van der Waals surface area contributed by atoms with E-state index in [1.54, 1.807) is 30.5 Å². The van der Waals surface area contributed by atoms with Gasteiger partial charge in [-0.1, -0.05) is 18.2 Å². The number of amides is 2. The first-order valence-corrected chi connectivity index (χ1v) is 7.79. The first kappa shape index (κ1) is 16.0. The summed E-state index contributed by atoms with van der Waals surface area (Å²) >= 11 is 0. The average Bonchev–Trinajstić information content (AvgIpc) is 3.02. The van der Waals surface area contributed by atoms with Gasteiger partial charge in [0.15, 0.2) is 0 Å². The number of pyridine rings is 1. The van der Waals surface area contributed by atoms with Gasteiger partial charge in [0.1, 0.15) is 5.75 Å². The fourth-order valence-electron chi connectivity index (χ4n) is 2.81. The van der Waals surface area contributed by atoms with Crippen LogP contribution in [0.15, 0.2) is 48.8 Å². The van der Waals surface area contributed by atoms with Gasteiger partial charge in [-0.3, -0.25) is 14.6 Å². The van der Waals surface area contributed by atoms with E-state index in [2.05, 4.69) is 10.3 Å². The van der Waals surface area contributed by atoms with Crippen LogP contribution in [0.5, 0.6) is 5.75 Å². The molecule has 1 aromatic carbocycles. The minimum atomic E-state index is -0.362. The third-order valence-electron chi connectivity index (χ3n) is 4.06. The number of anilines is 1. The Hall–Kier alpha value is -2.89. The number of aromatic nitrogens is 1. The molecule has 6 nitrogen and oxygen atoms in total. The summed E-state index contributed by atoms with van der Waals surface area (Å²) in [6.07, 6.45) is 3.60. The molecule has 0 aliphatic carbocycles. The summed E-state index contributed by atoms with van der Waals surface area (Å²) in [6.45, 7) is 0.768. The molecule has 1 aliphatic heterocycles. The van der Waals surface area contributed by atoms with Crippen LogP contribution in [0.25, 0.3) is 0 Å². The van der Waals surface area contributed by atoms with Gasteiger partial charge in [-0.15, -0.1) is 0 Å². The van der Waals surface area contributed by atoms with Crippen molar-refractivity contribution in [1.82, 2.24) is 10.3 Å². The first-order valence-electron chi connectivity index (χ1n) is 7.79. The summed E-state index contributed by atoms with van der Waals surface area (Å²) in [5, 5.41) is 2.87. The number of ether oxygens (including phenoxy) is 1. The van der Waals surface area contributed by atoms with Crippen molar-refractivity contribution in [1.29, 1.82) is 0 Å². The van der Waals surface area contributed by atoms with Crippen molar-refractivity contribution in [2.24, 2.45) is 5.92 Å². The Kier molecular flexibility index (Phi) is 4.74. The molecule has 2 amide bonds. The number of nitrogens with one attached hydrogen (secondary N) is 1. The van der Waals surface area contributed by atoms with E-state index in [4.69, 9.17) is 4.74 Å². The van der Waals surface area contributed by atoms with Crippen LogP contribution < -0.4 is 15.0 Å². The number of methoxy groups -OCH3 is 1. The monoisotopic (exact) mass is 325 g/mol. The van der Waals surface area contributed by atoms with Crippen molar-refractivity contribution in [2.75, 3.05) is 18.6 Å². The van der Waals surface area contributed by atoms with Gasteiger partial charge < -0.3 is 15.0 Å². The Balaban J connectivity index is 1.65. The molecule has 1 aliphatic rings. The predicted molar refractivity (Wildman–Crippen MR) is 89.5 cm³/mol. The molecule has 1 N–H and O–H groups in total. The Bertz CT molecular complexity index is 733. The molecule has 3 rings (SSSR count). The lowest BCUT2D eigenvalue weighted by atomic mass is 10.1. The molecule has 1 aromatic heterocycles. The van der Waals surface area contributed by atoms with Crippen LogP contribution in [-0.4, -0.2) is 30.5 Å². The Morgan fingerprint density at radius 2 is 2.17 bits per heavy atom. The molecule has 0 radical (unpaired) electrons. The van der Waals surface area contributed by atoms with Crippen molar-refractivity contribution < 1.29 is 14.3 Å². The van der Waals surface area contributed by atoms with E-state index in [9.17, 15) is 9.59 Å². The van der Waals surface area contributed by atoms with Gasteiger partial charge >= 0.3 is 0 Å². The third-order valence-corrected chi connectivity index (χ3v) is 4.06. The largest absolute Gasteiger partial charge is 0.495 e. The summed E-state index contributed by atoms with van der Waals surface area (Å²) in [4.78, 5) is 30.3. The molecule has 0 saturated carbocycles. The van der Waals surface area contributed by atoms with Gasteiger partial charge in [-0.05, 0) is 23.8 Å². The van der Waals surface area contributed by atoms with Gasteiger partial charge in [0.05, 0.1) is 18.7 Å². The molecule has 1 fully saturated rings. The van der Waals surface area contributed by atoms with Crippen LogP contribution in [0.3, 0.4) is 0 Å². The number of benzene rings is 1. The summed E-state index contributed by atoms with van der Waals surface area (Å²) in [5.41, 5.74) is 1.63. The fourth-order valence-corrected chi connectivity index (χ4v) is 2.81. The lowest BCUT2D eigenvalue weighted by Gasteiger charge is -2.19. The smallest absolute Gasteiger partial charge is 0.227 e. The van der Waals surface area contributed by atoms with Gasteiger partial charge in [-0.2, -0.15) is 0 Å². The summed E-state index contributed by atoms with van der Waals surface area (Å²) in [6, 6.07) is 11.0. The highest BCUT2D eigenvalue weighted by Crippen LogP contribution is 2.32. The van der Waals surface area contributed by atoms with E-state index in [0.717, 1.165) is 5.56 Å². The maximum absolute atomic E-state index is 12.4. The molecule has 1 saturated heterocycles. The zero-order valence-corrected chi connectivity index (χ0v) is 13.4. The molecule has 24 heavy (non-hydrogen) atoms. The third kappa shape index (κ3) is 3.37. The van der Waals surface area contributed by atoms with Crippen molar-refractivity contribution in [3.8, 4) is 5.75 Å². The molecule has 124 valence electrons. The van der Waals surface area contributed by atoms with Crippen LogP contribution in [0.1, 0.15) is 12.0 Å². The maximum atomic E-state index is 12.4. The second kappa shape index (κ2) is 7.12. The maximum Gasteiger partial charge on any atom is 0.227 e.